The Morgan fingerprint density at radius 2 is 1.77 bits per heavy atom. The molecule has 26 heavy (non-hydrogen) atoms. The van der Waals surface area contributed by atoms with Crippen molar-refractivity contribution >= 4 is 17.5 Å². The van der Waals surface area contributed by atoms with Gasteiger partial charge in [0.25, 0.3) is 5.91 Å². The van der Waals surface area contributed by atoms with Gasteiger partial charge in [-0.1, -0.05) is 13.8 Å². The molecule has 0 spiro atoms. The molecule has 0 unspecified atom stereocenters. The highest BCUT2D eigenvalue weighted by molar-refractivity contribution is 5.97. The summed E-state index contributed by atoms with van der Waals surface area (Å²) in [5.74, 6) is -0.0726. The fourth-order valence-corrected chi connectivity index (χ4v) is 3.35. The van der Waals surface area contributed by atoms with E-state index in [0.29, 0.717) is 43.9 Å². The van der Waals surface area contributed by atoms with Crippen molar-refractivity contribution in [3.05, 3.63) is 29.8 Å². The second-order valence-corrected chi connectivity index (χ2v) is 6.98. The Morgan fingerprint density at radius 3 is 2.27 bits per heavy atom. The van der Waals surface area contributed by atoms with Crippen LogP contribution in [0.4, 0.5) is 5.69 Å². The zero-order valence-corrected chi connectivity index (χ0v) is 16.1. The quantitative estimate of drug-likeness (QED) is 0.782. The third-order valence-corrected chi connectivity index (χ3v) is 5.67. The lowest BCUT2D eigenvalue weighted by molar-refractivity contribution is -0.125. The summed E-state index contributed by atoms with van der Waals surface area (Å²) in [6.45, 7) is 5.67. The molecule has 6 heteroatoms. The minimum atomic E-state index is -0.544. The van der Waals surface area contributed by atoms with Crippen LogP contribution in [0.3, 0.4) is 0 Å². The van der Waals surface area contributed by atoms with Crippen molar-refractivity contribution in [3.63, 3.8) is 0 Å². The molecule has 2 rings (SSSR count). The number of hydrogen-bond donors (Lipinski definition) is 2. The van der Waals surface area contributed by atoms with Crippen molar-refractivity contribution in [1.82, 2.24) is 4.90 Å². The van der Waals surface area contributed by atoms with Gasteiger partial charge in [0, 0.05) is 44.1 Å². The SMILES string of the molecule is CCC(CC)(CN)C(=O)Nc1ccc(C(=O)N(C)C2CCOCC2)cc1. The van der Waals surface area contributed by atoms with Crippen molar-refractivity contribution in [1.29, 1.82) is 0 Å². The standard InChI is InChI=1S/C20H31N3O3/c1-4-20(5-2,14-21)19(25)22-16-8-6-15(7-9-16)18(24)23(3)17-10-12-26-13-11-17/h6-9,17H,4-5,10-14,21H2,1-3H3,(H,22,25). The Labute approximate surface area is 156 Å². The molecule has 1 aliphatic rings. The number of benzene rings is 1. The van der Waals surface area contributed by atoms with Gasteiger partial charge in [-0.05, 0) is 49.9 Å². The van der Waals surface area contributed by atoms with Gasteiger partial charge in [-0.15, -0.1) is 0 Å². The van der Waals surface area contributed by atoms with Gasteiger partial charge < -0.3 is 20.7 Å². The molecule has 0 saturated carbocycles. The summed E-state index contributed by atoms with van der Waals surface area (Å²) in [5, 5.41) is 2.93. The first-order valence-corrected chi connectivity index (χ1v) is 9.44. The van der Waals surface area contributed by atoms with E-state index in [4.69, 9.17) is 10.5 Å². The number of rotatable bonds is 7. The first kappa shape index (κ1) is 20.4. The maximum Gasteiger partial charge on any atom is 0.253 e. The highest BCUT2D eigenvalue weighted by Gasteiger charge is 2.33. The summed E-state index contributed by atoms with van der Waals surface area (Å²) >= 11 is 0. The smallest absolute Gasteiger partial charge is 0.253 e. The number of nitrogens with two attached hydrogens (primary N) is 1. The molecule has 6 nitrogen and oxygen atoms in total. The van der Waals surface area contributed by atoms with E-state index >= 15 is 0 Å². The van der Waals surface area contributed by atoms with Gasteiger partial charge >= 0.3 is 0 Å². The fraction of sp³-hybridized carbons (Fsp3) is 0.600. The van der Waals surface area contributed by atoms with Crippen LogP contribution in [-0.4, -0.2) is 49.6 Å². The van der Waals surface area contributed by atoms with Crippen molar-refractivity contribution < 1.29 is 14.3 Å². The molecule has 1 saturated heterocycles. The number of nitrogens with one attached hydrogen (secondary N) is 1. The number of carbonyl (C=O) groups excluding carboxylic acids is 2. The lowest BCUT2D eigenvalue weighted by Gasteiger charge is -2.31. The number of nitrogens with zero attached hydrogens (tertiary/aromatic N) is 1. The molecule has 0 radical (unpaired) electrons. The zero-order valence-electron chi connectivity index (χ0n) is 16.1. The van der Waals surface area contributed by atoms with Crippen LogP contribution in [0, 0.1) is 5.41 Å². The number of hydrogen-bond acceptors (Lipinski definition) is 4. The molecule has 0 bridgehead atoms. The van der Waals surface area contributed by atoms with Gasteiger partial charge in [-0.25, -0.2) is 0 Å². The molecular formula is C20H31N3O3. The van der Waals surface area contributed by atoms with Gasteiger partial charge in [0.1, 0.15) is 0 Å². The molecule has 0 atom stereocenters. The number of anilines is 1. The first-order chi connectivity index (χ1) is 12.5. The molecule has 1 aliphatic heterocycles. The number of carbonyl (C=O) groups is 2. The van der Waals surface area contributed by atoms with E-state index < -0.39 is 5.41 Å². The average Bonchev–Trinajstić information content (AvgIpc) is 2.70. The summed E-state index contributed by atoms with van der Waals surface area (Å²) in [7, 11) is 1.84. The largest absolute Gasteiger partial charge is 0.381 e. The minimum Gasteiger partial charge on any atom is -0.381 e. The van der Waals surface area contributed by atoms with E-state index in [2.05, 4.69) is 5.32 Å². The molecule has 144 valence electrons. The van der Waals surface area contributed by atoms with Crippen molar-refractivity contribution in [2.75, 3.05) is 32.1 Å². The summed E-state index contributed by atoms with van der Waals surface area (Å²) < 4.78 is 5.36. The fourth-order valence-electron chi connectivity index (χ4n) is 3.35. The molecule has 0 aromatic heterocycles. The first-order valence-electron chi connectivity index (χ1n) is 9.44. The lowest BCUT2D eigenvalue weighted by Crippen LogP contribution is -2.41. The lowest BCUT2D eigenvalue weighted by atomic mass is 9.81. The Balaban J connectivity index is 2.03. The summed E-state index contributed by atoms with van der Waals surface area (Å²) in [4.78, 5) is 27.0. The molecule has 1 fully saturated rings. The molecule has 1 heterocycles. The normalized spacial score (nSPS) is 15.5. The third kappa shape index (κ3) is 4.43. The minimum absolute atomic E-state index is 0.00630. The van der Waals surface area contributed by atoms with E-state index in [9.17, 15) is 9.59 Å². The predicted molar refractivity (Wildman–Crippen MR) is 103 cm³/mol. The Kier molecular flexibility index (Phi) is 7.17. The number of ether oxygens (including phenoxy) is 1. The van der Waals surface area contributed by atoms with Gasteiger partial charge in [-0.3, -0.25) is 9.59 Å². The molecule has 2 amide bonds. The number of amides is 2. The highest BCUT2D eigenvalue weighted by Crippen LogP contribution is 2.27. The second kappa shape index (κ2) is 9.14. The van der Waals surface area contributed by atoms with Crippen LogP contribution >= 0.6 is 0 Å². The van der Waals surface area contributed by atoms with E-state index in [1.54, 1.807) is 29.2 Å². The van der Waals surface area contributed by atoms with Crippen LogP contribution in [-0.2, 0) is 9.53 Å². The van der Waals surface area contributed by atoms with Crippen LogP contribution < -0.4 is 11.1 Å². The molecule has 1 aromatic rings. The second-order valence-electron chi connectivity index (χ2n) is 6.98. The van der Waals surface area contributed by atoms with Crippen molar-refractivity contribution in [2.24, 2.45) is 11.1 Å². The monoisotopic (exact) mass is 361 g/mol. The predicted octanol–water partition coefficient (Wildman–Crippen LogP) is 2.64. The molecule has 1 aromatic carbocycles. The summed E-state index contributed by atoms with van der Waals surface area (Å²) in [5.41, 5.74) is 6.59. The molecular weight excluding hydrogens is 330 g/mol. The van der Waals surface area contributed by atoms with E-state index in [0.717, 1.165) is 12.8 Å². The Morgan fingerprint density at radius 1 is 1.19 bits per heavy atom. The van der Waals surface area contributed by atoms with E-state index in [1.165, 1.54) is 0 Å². The van der Waals surface area contributed by atoms with Crippen LogP contribution in [0.1, 0.15) is 49.9 Å². The van der Waals surface area contributed by atoms with Gasteiger partial charge in [0.05, 0.1) is 5.41 Å². The molecule has 3 N–H and O–H groups in total. The highest BCUT2D eigenvalue weighted by atomic mass is 16.5. The van der Waals surface area contributed by atoms with E-state index in [1.807, 2.05) is 20.9 Å². The Bertz CT molecular complexity index is 597. The van der Waals surface area contributed by atoms with Crippen molar-refractivity contribution in [2.45, 2.75) is 45.6 Å². The van der Waals surface area contributed by atoms with Crippen LogP contribution in [0.25, 0.3) is 0 Å². The topological polar surface area (TPSA) is 84.7 Å². The maximum atomic E-state index is 12.7. The van der Waals surface area contributed by atoms with Gasteiger partial charge in [-0.2, -0.15) is 0 Å². The van der Waals surface area contributed by atoms with Gasteiger partial charge in [0.2, 0.25) is 5.91 Å². The van der Waals surface area contributed by atoms with Gasteiger partial charge in [0.15, 0.2) is 0 Å². The van der Waals surface area contributed by atoms with E-state index in [-0.39, 0.29) is 17.9 Å². The third-order valence-electron chi connectivity index (χ3n) is 5.67. The summed E-state index contributed by atoms with van der Waals surface area (Å²) in [6, 6.07) is 7.28. The average molecular weight is 361 g/mol. The summed E-state index contributed by atoms with van der Waals surface area (Å²) in [6.07, 6.45) is 3.12. The Hall–Kier alpha value is -1.92. The molecule has 0 aliphatic carbocycles. The van der Waals surface area contributed by atoms with Crippen molar-refractivity contribution in [3.8, 4) is 0 Å². The van der Waals surface area contributed by atoms with Crippen LogP contribution in [0.15, 0.2) is 24.3 Å². The van der Waals surface area contributed by atoms with Crippen LogP contribution in [0.2, 0.25) is 0 Å². The maximum absolute atomic E-state index is 12.7. The van der Waals surface area contributed by atoms with Crippen LogP contribution in [0.5, 0.6) is 0 Å². The zero-order chi connectivity index (χ0) is 19.2.